The number of hydrogen-bond donors (Lipinski definition) is 0. The van der Waals surface area contributed by atoms with E-state index in [4.69, 9.17) is 0 Å². The van der Waals surface area contributed by atoms with Crippen molar-refractivity contribution >= 4 is 12.2 Å². The van der Waals surface area contributed by atoms with Crippen LogP contribution in [-0.2, 0) is 11.0 Å². The highest BCUT2D eigenvalue weighted by Gasteiger charge is 2.27. The van der Waals surface area contributed by atoms with Gasteiger partial charge in [0.1, 0.15) is 0 Å². The van der Waals surface area contributed by atoms with E-state index in [1.165, 1.54) is 11.3 Å². The standard InChI is InChI=1S/C16H25N/c1-9-12-11-14(15(3,4)5)17(13(12)10-2)16(6,7)8/h9-11H,1-2H2,3-8H3. The Bertz CT molecular complexity index is 433. The molecule has 1 nitrogen and oxygen atoms in total. The molecule has 0 amide bonds. The molecular formula is C16H25N. The quantitative estimate of drug-likeness (QED) is 0.687. The minimum atomic E-state index is 0.0490. The molecule has 0 atom stereocenters. The van der Waals surface area contributed by atoms with Crippen LogP contribution in [0, 0.1) is 0 Å². The summed E-state index contributed by atoms with van der Waals surface area (Å²) >= 11 is 0. The van der Waals surface area contributed by atoms with Gasteiger partial charge in [-0.3, -0.25) is 0 Å². The monoisotopic (exact) mass is 231 g/mol. The molecule has 1 heterocycles. The molecule has 0 N–H and O–H groups in total. The second kappa shape index (κ2) is 4.21. The molecule has 0 fully saturated rings. The van der Waals surface area contributed by atoms with Crippen molar-refractivity contribution in [2.24, 2.45) is 0 Å². The normalized spacial score (nSPS) is 12.6. The van der Waals surface area contributed by atoms with Crippen molar-refractivity contribution in [1.82, 2.24) is 4.57 Å². The molecular weight excluding hydrogens is 206 g/mol. The van der Waals surface area contributed by atoms with Crippen LogP contribution in [0.15, 0.2) is 19.2 Å². The third-order valence-corrected chi connectivity index (χ3v) is 2.92. The molecule has 1 aromatic heterocycles. The SMILES string of the molecule is C=Cc1cc(C(C)(C)C)n(C(C)(C)C)c1C=C. The van der Waals surface area contributed by atoms with Gasteiger partial charge in [0, 0.05) is 22.3 Å². The van der Waals surface area contributed by atoms with Crippen LogP contribution in [0.5, 0.6) is 0 Å². The average Bonchev–Trinajstić information content (AvgIpc) is 2.54. The van der Waals surface area contributed by atoms with E-state index >= 15 is 0 Å². The third-order valence-electron chi connectivity index (χ3n) is 2.92. The van der Waals surface area contributed by atoms with Gasteiger partial charge in [0.25, 0.3) is 0 Å². The Morgan fingerprint density at radius 3 is 1.82 bits per heavy atom. The average molecular weight is 231 g/mol. The van der Waals surface area contributed by atoms with Crippen molar-refractivity contribution in [3.8, 4) is 0 Å². The second-order valence-electron chi connectivity index (χ2n) is 6.53. The Balaban J connectivity index is 3.67. The maximum atomic E-state index is 3.94. The molecule has 0 radical (unpaired) electrons. The second-order valence-corrected chi connectivity index (χ2v) is 6.53. The highest BCUT2D eigenvalue weighted by Crippen LogP contribution is 2.33. The lowest BCUT2D eigenvalue weighted by molar-refractivity contribution is 0.358. The number of nitrogens with zero attached hydrogens (tertiary/aromatic N) is 1. The van der Waals surface area contributed by atoms with E-state index in [1.54, 1.807) is 0 Å². The zero-order chi connectivity index (χ0) is 13.4. The first-order chi connectivity index (χ1) is 7.62. The maximum Gasteiger partial charge on any atom is 0.0481 e. The molecule has 94 valence electrons. The molecule has 0 aliphatic heterocycles. The first kappa shape index (κ1) is 13.8. The third kappa shape index (κ3) is 2.54. The Kier molecular flexibility index (Phi) is 3.42. The molecule has 0 bridgehead atoms. The minimum absolute atomic E-state index is 0.0490. The number of hydrogen-bond acceptors (Lipinski definition) is 0. The van der Waals surface area contributed by atoms with Crippen molar-refractivity contribution in [2.75, 3.05) is 0 Å². The van der Waals surface area contributed by atoms with Crippen molar-refractivity contribution in [2.45, 2.75) is 52.5 Å². The Morgan fingerprint density at radius 1 is 1.00 bits per heavy atom. The van der Waals surface area contributed by atoms with Gasteiger partial charge in [-0.15, -0.1) is 0 Å². The topological polar surface area (TPSA) is 4.93 Å². The number of rotatable bonds is 2. The van der Waals surface area contributed by atoms with E-state index in [1.807, 2.05) is 12.2 Å². The minimum Gasteiger partial charge on any atom is -0.339 e. The lowest BCUT2D eigenvalue weighted by atomic mass is 9.90. The van der Waals surface area contributed by atoms with Crippen LogP contribution in [0.4, 0.5) is 0 Å². The Labute approximate surface area is 106 Å². The van der Waals surface area contributed by atoms with Crippen LogP contribution < -0.4 is 0 Å². The fourth-order valence-corrected chi connectivity index (χ4v) is 2.19. The van der Waals surface area contributed by atoms with Crippen molar-refractivity contribution in [3.63, 3.8) is 0 Å². The summed E-state index contributed by atoms with van der Waals surface area (Å²) in [6, 6.07) is 2.23. The van der Waals surface area contributed by atoms with E-state index in [2.05, 4.69) is 65.3 Å². The Morgan fingerprint density at radius 2 is 1.53 bits per heavy atom. The molecule has 0 unspecified atom stereocenters. The first-order valence-corrected chi connectivity index (χ1v) is 6.14. The smallest absolute Gasteiger partial charge is 0.0481 e. The van der Waals surface area contributed by atoms with Crippen molar-refractivity contribution in [1.29, 1.82) is 0 Å². The van der Waals surface area contributed by atoms with Crippen LogP contribution in [0.3, 0.4) is 0 Å². The van der Waals surface area contributed by atoms with Gasteiger partial charge in [0.05, 0.1) is 0 Å². The number of aromatic nitrogens is 1. The van der Waals surface area contributed by atoms with Crippen molar-refractivity contribution < 1.29 is 0 Å². The van der Waals surface area contributed by atoms with Gasteiger partial charge in [-0.2, -0.15) is 0 Å². The molecule has 0 aliphatic carbocycles. The molecule has 1 rings (SSSR count). The molecule has 0 saturated heterocycles. The maximum absolute atomic E-state index is 3.94. The molecule has 1 aromatic rings. The molecule has 0 aromatic carbocycles. The van der Waals surface area contributed by atoms with Gasteiger partial charge in [0.2, 0.25) is 0 Å². The highest BCUT2D eigenvalue weighted by molar-refractivity contribution is 5.63. The van der Waals surface area contributed by atoms with Gasteiger partial charge in [-0.1, -0.05) is 40.0 Å². The van der Waals surface area contributed by atoms with E-state index in [9.17, 15) is 0 Å². The Hall–Kier alpha value is -1.24. The molecule has 17 heavy (non-hydrogen) atoms. The fraction of sp³-hybridized carbons (Fsp3) is 0.500. The van der Waals surface area contributed by atoms with Crippen LogP contribution in [0.1, 0.15) is 58.5 Å². The summed E-state index contributed by atoms with van der Waals surface area (Å²) in [7, 11) is 0. The lowest BCUT2D eigenvalue weighted by Gasteiger charge is -2.32. The van der Waals surface area contributed by atoms with Crippen LogP contribution in [0.25, 0.3) is 12.2 Å². The summed E-state index contributed by atoms with van der Waals surface area (Å²) in [6.07, 6.45) is 3.84. The summed E-state index contributed by atoms with van der Waals surface area (Å²) in [5.41, 5.74) is 3.83. The molecule has 1 heteroatoms. The van der Waals surface area contributed by atoms with E-state index in [0.29, 0.717) is 0 Å². The van der Waals surface area contributed by atoms with E-state index < -0.39 is 0 Å². The van der Waals surface area contributed by atoms with Crippen LogP contribution in [0.2, 0.25) is 0 Å². The van der Waals surface area contributed by atoms with Crippen LogP contribution in [-0.4, -0.2) is 4.57 Å². The molecule has 0 spiro atoms. The molecule has 0 saturated carbocycles. The van der Waals surface area contributed by atoms with Crippen molar-refractivity contribution in [3.05, 3.63) is 36.2 Å². The first-order valence-electron chi connectivity index (χ1n) is 6.14. The zero-order valence-electron chi connectivity index (χ0n) is 12.1. The summed E-state index contributed by atoms with van der Waals surface area (Å²) in [6.45, 7) is 21.2. The van der Waals surface area contributed by atoms with E-state index in [-0.39, 0.29) is 11.0 Å². The van der Waals surface area contributed by atoms with Gasteiger partial charge < -0.3 is 4.57 Å². The highest BCUT2D eigenvalue weighted by atomic mass is 15.1. The molecule has 0 aliphatic rings. The van der Waals surface area contributed by atoms with E-state index in [0.717, 1.165) is 5.69 Å². The lowest BCUT2D eigenvalue weighted by Crippen LogP contribution is -2.29. The largest absolute Gasteiger partial charge is 0.339 e. The summed E-state index contributed by atoms with van der Waals surface area (Å²) in [4.78, 5) is 0. The van der Waals surface area contributed by atoms with Gasteiger partial charge in [-0.25, -0.2) is 0 Å². The van der Waals surface area contributed by atoms with Gasteiger partial charge in [0.15, 0.2) is 0 Å². The van der Waals surface area contributed by atoms with Gasteiger partial charge >= 0.3 is 0 Å². The summed E-state index contributed by atoms with van der Waals surface area (Å²) in [5, 5.41) is 0. The fourth-order valence-electron chi connectivity index (χ4n) is 2.19. The zero-order valence-corrected chi connectivity index (χ0v) is 12.1. The van der Waals surface area contributed by atoms with Gasteiger partial charge in [-0.05, 0) is 38.5 Å². The summed E-state index contributed by atoms with van der Waals surface area (Å²) < 4.78 is 2.37. The predicted octanol–water partition coefficient (Wildman–Crippen LogP) is 4.83. The summed E-state index contributed by atoms with van der Waals surface area (Å²) in [5.74, 6) is 0. The van der Waals surface area contributed by atoms with Crippen LogP contribution >= 0.6 is 0 Å². The predicted molar refractivity (Wildman–Crippen MR) is 78.3 cm³/mol.